The predicted molar refractivity (Wildman–Crippen MR) is 79.7 cm³/mol. The molecule has 0 aliphatic rings. The molecule has 1 atom stereocenters. The fourth-order valence-electron chi connectivity index (χ4n) is 2.21. The molecule has 0 radical (unpaired) electrons. The molecule has 0 saturated carbocycles. The summed E-state index contributed by atoms with van der Waals surface area (Å²) in [6.07, 6.45) is 0.909. The Balaban J connectivity index is 1.95. The molecule has 0 fully saturated rings. The summed E-state index contributed by atoms with van der Waals surface area (Å²) in [5.41, 5.74) is 2.16. The number of nitro groups is 1. The zero-order valence-corrected chi connectivity index (χ0v) is 11.5. The average Bonchev–Trinajstić information content (AvgIpc) is 2.48. The van der Waals surface area contributed by atoms with Gasteiger partial charge in [-0.15, -0.1) is 0 Å². The Hall–Kier alpha value is -2.20. The van der Waals surface area contributed by atoms with Crippen LogP contribution in [0.25, 0.3) is 0 Å². The molecule has 0 saturated heterocycles. The SMILES string of the molecule is CC(NCCc1ccccc1)c1ccccc1[N+](=O)[O-]. The first-order chi connectivity index (χ1) is 9.68. The zero-order valence-electron chi connectivity index (χ0n) is 11.5. The predicted octanol–water partition coefficient (Wildman–Crippen LogP) is 3.49. The minimum Gasteiger partial charge on any atom is -0.310 e. The van der Waals surface area contributed by atoms with Gasteiger partial charge in [-0.3, -0.25) is 10.1 Å². The number of nitrogens with one attached hydrogen (secondary N) is 1. The van der Waals surface area contributed by atoms with Crippen molar-refractivity contribution in [2.45, 2.75) is 19.4 Å². The summed E-state index contributed by atoms with van der Waals surface area (Å²) in [5, 5.41) is 14.3. The lowest BCUT2D eigenvalue weighted by Crippen LogP contribution is -2.22. The molecule has 1 unspecified atom stereocenters. The summed E-state index contributed by atoms with van der Waals surface area (Å²) < 4.78 is 0. The standard InChI is InChI=1S/C16H18N2O2/c1-13(15-9-5-6-10-16(15)18(19)20)17-12-11-14-7-3-2-4-8-14/h2-10,13,17H,11-12H2,1H3. The highest BCUT2D eigenvalue weighted by Gasteiger charge is 2.17. The van der Waals surface area contributed by atoms with Gasteiger partial charge in [0.2, 0.25) is 0 Å². The summed E-state index contributed by atoms with van der Waals surface area (Å²) in [6, 6.07) is 17.0. The molecule has 20 heavy (non-hydrogen) atoms. The van der Waals surface area contributed by atoms with Crippen molar-refractivity contribution >= 4 is 5.69 Å². The largest absolute Gasteiger partial charge is 0.310 e. The van der Waals surface area contributed by atoms with Crippen molar-refractivity contribution < 1.29 is 4.92 Å². The summed E-state index contributed by atoms with van der Waals surface area (Å²) in [6.45, 7) is 2.74. The van der Waals surface area contributed by atoms with Gasteiger partial charge in [-0.25, -0.2) is 0 Å². The van der Waals surface area contributed by atoms with Crippen LogP contribution in [0, 0.1) is 10.1 Å². The molecule has 2 aromatic carbocycles. The van der Waals surface area contributed by atoms with Crippen LogP contribution in [-0.2, 0) is 6.42 Å². The van der Waals surface area contributed by atoms with Gasteiger partial charge in [-0.05, 0) is 25.5 Å². The average molecular weight is 270 g/mol. The van der Waals surface area contributed by atoms with Crippen molar-refractivity contribution in [1.82, 2.24) is 5.32 Å². The Bertz CT molecular complexity index is 570. The Labute approximate surface area is 118 Å². The van der Waals surface area contributed by atoms with Crippen LogP contribution in [0.5, 0.6) is 0 Å². The lowest BCUT2D eigenvalue weighted by atomic mass is 10.1. The molecule has 104 valence electrons. The minimum atomic E-state index is -0.329. The van der Waals surface area contributed by atoms with E-state index in [0.717, 1.165) is 18.5 Å². The molecule has 0 aliphatic carbocycles. The topological polar surface area (TPSA) is 55.2 Å². The van der Waals surface area contributed by atoms with Gasteiger partial charge in [-0.2, -0.15) is 0 Å². The zero-order chi connectivity index (χ0) is 14.4. The first kappa shape index (κ1) is 14.2. The maximum absolute atomic E-state index is 11.0. The minimum absolute atomic E-state index is 0.0414. The van der Waals surface area contributed by atoms with E-state index in [0.29, 0.717) is 0 Å². The van der Waals surface area contributed by atoms with Crippen LogP contribution in [0.3, 0.4) is 0 Å². The Kier molecular flexibility index (Phi) is 4.85. The molecule has 0 aromatic heterocycles. The molecular formula is C16H18N2O2. The molecule has 0 heterocycles. The number of rotatable bonds is 6. The van der Waals surface area contributed by atoms with E-state index in [9.17, 15) is 10.1 Å². The Morgan fingerprint density at radius 1 is 1.10 bits per heavy atom. The number of hydrogen-bond acceptors (Lipinski definition) is 3. The molecule has 1 N–H and O–H groups in total. The van der Waals surface area contributed by atoms with Crippen molar-refractivity contribution in [3.63, 3.8) is 0 Å². The molecule has 0 aliphatic heterocycles. The maximum atomic E-state index is 11.0. The third-order valence-corrected chi connectivity index (χ3v) is 3.31. The van der Waals surface area contributed by atoms with Crippen LogP contribution in [0.15, 0.2) is 54.6 Å². The quantitative estimate of drug-likeness (QED) is 0.645. The number of benzene rings is 2. The summed E-state index contributed by atoms with van der Waals surface area (Å²) in [7, 11) is 0. The molecule has 2 aromatic rings. The van der Waals surface area contributed by atoms with E-state index in [-0.39, 0.29) is 16.7 Å². The van der Waals surface area contributed by atoms with Crippen LogP contribution < -0.4 is 5.32 Å². The van der Waals surface area contributed by atoms with E-state index < -0.39 is 0 Å². The van der Waals surface area contributed by atoms with Crippen molar-refractivity contribution in [1.29, 1.82) is 0 Å². The molecule has 0 bridgehead atoms. The lowest BCUT2D eigenvalue weighted by molar-refractivity contribution is -0.385. The van der Waals surface area contributed by atoms with Gasteiger partial charge >= 0.3 is 0 Å². The number of nitrogens with zero attached hydrogens (tertiary/aromatic N) is 1. The van der Waals surface area contributed by atoms with Crippen molar-refractivity contribution in [2.75, 3.05) is 6.54 Å². The van der Waals surface area contributed by atoms with Crippen LogP contribution in [-0.4, -0.2) is 11.5 Å². The van der Waals surface area contributed by atoms with Crippen molar-refractivity contribution in [3.05, 3.63) is 75.8 Å². The fraction of sp³-hybridized carbons (Fsp3) is 0.250. The number of nitro benzene ring substituents is 1. The van der Waals surface area contributed by atoms with Crippen LogP contribution in [0.2, 0.25) is 0 Å². The third-order valence-electron chi connectivity index (χ3n) is 3.31. The smallest absolute Gasteiger partial charge is 0.274 e. The van der Waals surface area contributed by atoms with Crippen LogP contribution in [0.4, 0.5) is 5.69 Å². The van der Waals surface area contributed by atoms with Gasteiger partial charge in [-0.1, -0.05) is 48.5 Å². The van der Waals surface area contributed by atoms with Gasteiger partial charge in [0.25, 0.3) is 5.69 Å². The molecule has 2 rings (SSSR count). The molecule has 4 nitrogen and oxygen atoms in total. The second-order valence-corrected chi connectivity index (χ2v) is 4.73. The molecule has 4 heteroatoms. The van der Waals surface area contributed by atoms with E-state index >= 15 is 0 Å². The Morgan fingerprint density at radius 2 is 1.75 bits per heavy atom. The van der Waals surface area contributed by atoms with E-state index in [4.69, 9.17) is 0 Å². The summed E-state index contributed by atoms with van der Waals surface area (Å²) in [5.74, 6) is 0. The fourth-order valence-corrected chi connectivity index (χ4v) is 2.21. The van der Waals surface area contributed by atoms with Gasteiger partial charge in [0.15, 0.2) is 0 Å². The van der Waals surface area contributed by atoms with Crippen LogP contribution >= 0.6 is 0 Å². The first-order valence-corrected chi connectivity index (χ1v) is 6.69. The highest BCUT2D eigenvalue weighted by atomic mass is 16.6. The summed E-state index contributed by atoms with van der Waals surface area (Å²) >= 11 is 0. The highest BCUT2D eigenvalue weighted by Crippen LogP contribution is 2.24. The first-order valence-electron chi connectivity index (χ1n) is 6.69. The van der Waals surface area contributed by atoms with Crippen molar-refractivity contribution in [2.24, 2.45) is 0 Å². The molecular weight excluding hydrogens is 252 g/mol. The number of hydrogen-bond donors (Lipinski definition) is 1. The van der Waals surface area contributed by atoms with Gasteiger partial charge in [0, 0.05) is 17.7 Å². The third kappa shape index (κ3) is 3.65. The van der Waals surface area contributed by atoms with Gasteiger partial charge < -0.3 is 5.32 Å². The van der Waals surface area contributed by atoms with Crippen molar-refractivity contribution in [3.8, 4) is 0 Å². The molecule has 0 spiro atoms. The van der Waals surface area contributed by atoms with Gasteiger partial charge in [0.1, 0.15) is 0 Å². The normalized spacial score (nSPS) is 12.1. The maximum Gasteiger partial charge on any atom is 0.274 e. The van der Waals surface area contributed by atoms with E-state index in [1.807, 2.05) is 31.2 Å². The Morgan fingerprint density at radius 3 is 2.45 bits per heavy atom. The van der Waals surface area contributed by atoms with E-state index in [2.05, 4.69) is 17.4 Å². The molecule has 0 amide bonds. The summed E-state index contributed by atoms with van der Waals surface area (Å²) in [4.78, 5) is 10.7. The second kappa shape index (κ2) is 6.82. The number of para-hydroxylation sites is 1. The second-order valence-electron chi connectivity index (χ2n) is 4.73. The van der Waals surface area contributed by atoms with E-state index in [1.54, 1.807) is 18.2 Å². The highest BCUT2D eigenvalue weighted by molar-refractivity contribution is 5.41. The van der Waals surface area contributed by atoms with Crippen LogP contribution in [0.1, 0.15) is 24.1 Å². The monoisotopic (exact) mass is 270 g/mol. The van der Waals surface area contributed by atoms with E-state index in [1.165, 1.54) is 5.56 Å². The lowest BCUT2D eigenvalue weighted by Gasteiger charge is -2.14. The van der Waals surface area contributed by atoms with Gasteiger partial charge in [0.05, 0.1) is 4.92 Å².